The van der Waals surface area contributed by atoms with Gasteiger partial charge in [0, 0.05) is 53.1 Å². The van der Waals surface area contributed by atoms with Crippen LogP contribution >= 0.6 is 11.6 Å². The van der Waals surface area contributed by atoms with Crippen molar-refractivity contribution in [3.8, 4) is 22.3 Å². The Morgan fingerprint density at radius 3 is 2.32 bits per heavy atom. The van der Waals surface area contributed by atoms with Crippen molar-refractivity contribution in [3.63, 3.8) is 0 Å². The average Bonchev–Trinajstić information content (AvgIpc) is 2.90. The third kappa shape index (κ3) is 5.14. The van der Waals surface area contributed by atoms with Gasteiger partial charge in [-0.05, 0) is 62.2 Å². The maximum atomic E-state index is 14.9. The molecular formula is C29H25ClFN5O. The molecule has 1 unspecified atom stereocenters. The molecule has 3 heterocycles. The van der Waals surface area contributed by atoms with Gasteiger partial charge < -0.3 is 10.4 Å². The highest BCUT2D eigenvalue weighted by molar-refractivity contribution is 6.34. The lowest BCUT2D eigenvalue weighted by molar-refractivity contribution is 0.0687. The van der Waals surface area contributed by atoms with Crippen LogP contribution in [0.2, 0.25) is 5.02 Å². The Bertz CT molecular complexity index is 1570. The molecule has 0 saturated carbocycles. The molecule has 5 aromatic rings. The van der Waals surface area contributed by atoms with E-state index in [1.54, 1.807) is 50.9 Å². The molecule has 0 fully saturated rings. The maximum absolute atomic E-state index is 14.9. The molecule has 0 amide bonds. The highest BCUT2D eigenvalue weighted by atomic mass is 35.5. The topological polar surface area (TPSA) is 83.8 Å². The van der Waals surface area contributed by atoms with Crippen LogP contribution in [-0.2, 0) is 5.60 Å². The number of benzene rings is 2. The fourth-order valence-electron chi connectivity index (χ4n) is 4.17. The number of nitrogens with one attached hydrogen (secondary N) is 1. The largest absolute Gasteiger partial charge is 0.382 e. The first kappa shape index (κ1) is 24.7. The van der Waals surface area contributed by atoms with Gasteiger partial charge in [0.15, 0.2) is 5.82 Å². The molecule has 0 aliphatic rings. The number of fused-ring (bicyclic) bond motifs is 1. The van der Waals surface area contributed by atoms with E-state index >= 15 is 0 Å². The standard InChI is InChI=1S/C29H25ClFN5O/c1-17(22-11-18(6-8-25(22)31)20-5-4-10-32-13-20)36-27-23-12-19(7-9-26(23)33-16-24(27)30)21-14-34-28(35-15-21)29(2,3)37/h4-17,37H,1-3H3,(H,33,36). The lowest BCUT2D eigenvalue weighted by atomic mass is 9.99. The second-order valence-electron chi connectivity index (χ2n) is 9.41. The predicted octanol–water partition coefficient (Wildman–Crippen LogP) is 6.95. The average molecular weight is 514 g/mol. The number of hydrogen-bond acceptors (Lipinski definition) is 6. The highest BCUT2D eigenvalue weighted by Gasteiger charge is 2.20. The number of anilines is 1. The summed E-state index contributed by atoms with van der Waals surface area (Å²) in [6.07, 6.45) is 8.39. The molecule has 186 valence electrons. The van der Waals surface area contributed by atoms with Gasteiger partial charge in [0.2, 0.25) is 0 Å². The molecule has 0 bridgehead atoms. The van der Waals surface area contributed by atoms with Gasteiger partial charge in [-0.25, -0.2) is 14.4 Å². The van der Waals surface area contributed by atoms with Gasteiger partial charge in [0.1, 0.15) is 11.4 Å². The fourth-order valence-corrected chi connectivity index (χ4v) is 4.38. The van der Waals surface area contributed by atoms with Crippen LogP contribution in [-0.4, -0.2) is 25.0 Å². The molecule has 37 heavy (non-hydrogen) atoms. The first-order valence-corrected chi connectivity index (χ1v) is 12.2. The van der Waals surface area contributed by atoms with Crippen molar-refractivity contribution in [2.75, 3.05) is 5.32 Å². The summed E-state index contributed by atoms with van der Waals surface area (Å²) in [4.78, 5) is 17.2. The van der Waals surface area contributed by atoms with Crippen molar-refractivity contribution in [2.24, 2.45) is 0 Å². The van der Waals surface area contributed by atoms with Gasteiger partial charge in [0.05, 0.1) is 22.3 Å². The molecule has 0 saturated heterocycles. The van der Waals surface area contributed by atoms with Crippen LogP contribution in [0.25, 0.3) is 33.2 Å². The van der Waals surface area contributed by atoms with Crippen LogP contribution in [0.5, 0.6) is 0 Å². The molecule has 2 N–H and O–H groups in total. The summed E-state index contributed by atoms with van der Waals surface area (Å²) in [6, 6.07) is 14.2. The van der Waals surface area contributed by atoms with Gasteiger partial charge in [0.25, 0.3) is 0 Å². The Morgan fingerprint density at radius 1 is 0.892 bits per heavy atom. The molecule has 1 atom stereocenters. The number of rotatable bonds is 6. The van der Waals surface area contributed by atoms with Crippen LogP contribution in [0.4, 0.5) is 10.1 Å². The zero-order valence-corrected chi connectivity index (χ0v) is 21.3. The molecule has 0 spiro atoms. The monoisotopic (exact) mass is 513 g/mol. The second kappa shape index (κ2) is 9.84. The molecule has 8 heteroatoms. The molecule has 2 aromatic carbocycles. The summed E-state index contributed by atoms with van der Waals surface area (Å²) in [5, 5.41) is 14.8. The van der Waals surface area contributed by atoms with E-state index in [0.717, 1.165) is 33.2 Å². The summed E-state index contributed by atoms with van der Waals surface area (Å²) in [5.41, 5.74) is 4.20. The van der Waals surface area contributed by atoms with Crippen LogP contribution in [0.1, 0.15) is 38.2 Å². The number of halogens is 2. The predicted molar refractivity (Wildman–Crippen MR) is 145 cm³/mol. The molecule has 0 aliphatic heterocycles. The third-order valence-corrected chi connectivity index (χ3v) is 6.46. The van der Waals surface area contributed by atoms with E-state index < -0.39 is 11.6 Å². The molecular weight excluding hydrogens is 489 g/mol. The van der Waals surface area contributed by atoms with E-state index in [1.165, 1.54) is 6.07 Å². The van der Waals surface area contributed by atoms with E-state index in [-0.39, 0.29) is 5.82 Å². The fraction of sp³-hybridized carbons (Fsp3) is 0.172. The third-order valence-electron chi connectivity index (χ3n) is 6.17. The van der Waals surface area contributed by atoms with E-state index in [0.29, 0.717) is 22.1 Å². The van der Waals surface area contributed by atoms with Crippen LogP contribution in [0, 0.1) is 5.82 Å². The molecule has 0 aliphatic carbocycles. The summed E-state index contributed by atoms with van der Waals surface area (Å²) >= 11 is 6.59. The van der Waals surface area contributed by atoms with Crippen LogP contribution in [0.15, 0.2) is 79.5 Å². The number of pyridine rings is 2. The van der Waals surface area contributed by atoms with Gasteiger partial charge >= 0.3 is 0 Å². The van der Waals surface area contributed by atoms with Crippen molar-refractivity contribution in [1.82, 2.24) is 19.9 Å². The quantitative estimate of drug-likeness (QED) is 0.255. The Labute approximate surface area is 219 Å². The van der Waals surface area contributed by atoms with E-state index in [2.05, 4.69) is 25.3 Å². The lowest BCUT2D eigenvalue weighted by Crippen LogP contribution is -2.19. The minimum absolute atomic E-state index is 0.313. The zero-order chi connectivity index (χ0) is 26.2. The molecule has 3 aromatic heterocycles. The maximum Gasteiger partial charge on any atom is 0.159 e. The molecule has 0 radical (unpaired) electrons. The van der Waals surface area contributed by atoms with Crippen molar-refractivity contribution < 1.29 is 9.50 Å². The Hall–Kier alpha value is -3.94. The van der Waals surface area contributed by atoms with Crippen molar-refractivity contribution in [3.05, 3.63) is 102 Å². The Morgan fingerprint density at radius 2 is 1.62 bits per heavy atom. The van der Waals surface area contributed by atoms with E-state index in [4.69, 9.17) is 11.6 Å². The Kier molecular flexibility index (Phi) is 6.58. The van der Waals surface area contributed by atoms with Crippen LogP contribution < -0.4 is 5.32 Å². The minimum Gasteiger partial charge on any atom is -0.382 e. The van der Waals surface area contributed by atoms with Crippen LogP contribution in [0.3, 0.4) is 0 Å². The van der Waals surface area contributed by atoms with Crippen molar-refractivity contribution in [2.45, 2.75) is 32.4 Å². The first-order valence-electron chi connectivity index (χ1n) is 11.8. The summed E-state index contributed by atoms with van der Waals surface area (Å²) < 4.78 is 14.9. The van der Waals surface area contributed by atoms with Gasteiger partial charge in [-0.15, -0.1) is 0 Å². The van der Waals surface area contributed by atoms with E-state index in [9.17, 15) is 9.50 Å². The summed E-state index contributed by atoms with van der Waals surface area (Å²) in [6.45, 7) is 5.17. The smallest absolute Gasteiger partial charge is 0.159 e. The minimum atomic E-state index is -1.13. The zero-order valence-electron chi connectivity index (χ0n) is 20.6. The highest BCUT2D eigenvalue weighted by Crippen LogP contribution is 2.36. The van der Waals surface area contributed by atoms with Gasteiger partial charge in [-0.1, -0.05) is 29.8 Å². The number of aromatic nitrogens is 4. The SMILES string of the molecule is CC(Nc1c(Cl)cnc2ccc(-c3cnc(C(C)(C)O)nc3)cc12)c1cc(-c2cccnc2)ccc1F. The van der Waals surface area contributed by atoms with E-state index in [1.807, 2.05) is 43.3 Å². The van der Waals surface area contributed by atoms with Gasteiger partial charge in [-0.2, -0.15) is 0 Å². The van der Waals surface area contributed by atoms with Crippen molar-refractivity contribution >= 4 is 28.2 Å². The summed E-state index contributed by atoms with van der Waals surface area (Å²) in [5.74, 6) is 0.0281. The second-order valence-corrected chi connectivity index (χ2v) is 9.82. The first-order chi connectivity index (χ1) is 17.7. The van der Waals surface area contributed by atoms with Crippen molar-refractivity contribution in [1.29, 1.82) is 0 Å². The number of nitrogens with zero attached hydrogens (tertiary/aromatic N) is 4. The lowest BCUT2D eigenvalue weighted by Gasteiger charge is -2.20. The number of hydrogen-bond donors (Lipinski definition) is 2. The Balaban J connectivity index is 1.51. The number of aliphatic hydroxyl groups is 1. The molecule has 5 rings (SSSR count). The molecule has 6 nitrogen and oxygen atoms in total. The van der Waals surface area contributed by atoms with Gasteiger partial charge in [-0.3, -0.25) is 9.97 Å². The normalized spacial score (nSPS) is 12.5. The summed E-state index contributed by atoms with van der Waals surface area (Å²) in [7, 11) is 0.